The molecule has 0 fully saturated rings. The third-order valence-corrected chi connectivity index (χ3v) is 9.43. The standard InChI is InChI=1S/C17H30O4Si/c1-8-20-15(19)17(10-9-13(2)11-14(17)18)12-21-22(6,7)16(3,4)5/h11H,8-10,12H2,1-7H3/t17-/m1/s1. The maximum absolute atomic E-state index is 12.6. The van der Waals surface area contributed by atoms with Crippen molar-refractivity contribution in [2.24, 2.45) is 5.41 Å². The van der Waals surface area contributed by atoms with Crippen molar-refractivity contribution in [2.45, 2.75) is 65.6 Å². The molecule has 1 aliphatic rings. The van der Waals surface area contributed by atoms with Gasteiger partial charge in [-0.2, -0.15) is 0 Å². The lowest BCUT2D eigenvalue weighted by molar-refractivity contribution is -0.162. The van der Waals surface area contributed by atoms with E-state index in [2.05, 4.69) is 33.9 Å². The molecule has 1 aliphatic carbocycles. The van der Waals surface area contributed by atoms with E-state index in [1.807, 2.05) is 6.92 Å². The Morgan fingerprint density at radius 2 is 1.95 bits per heavy atom. The van der Waals surface area contributed by atoms with Gasteiger partial charge in [-0.15, -0.1) is 0 Å². The molecule has 4 nitrogen and oxygen atoms in total. The predicted octanol–water partition coefficient (Wildman–Crippen LogP) is 3.87. The summed E-state index contributed by atoms with van der Waals surface area (Å²) in [4.78, 5) is 25.0. The molecular weight excluding hydrogens is 296 g/mol. The molecule has 1 atom stereocenters. The molecule has 0 N–H and O–H groups in total. The Morgan fingerprint density at radius 1 is 1.36 bits per heavy atom. The number of allylic oxidation sites excluding steroid dienone is 2. The minimum absolute atomic E-state index is 0.0340. The first kappa shape index (κ1) is 19.1. The lowest BCUT2D eigenvalue weighted by atomic mass is 9.74. The van der Waals surface area contributed by atoms with Crippen LogP contribution in [0.5, 0.6) is 0 Å². The second-order valence-electron chi connectivity index (χ2n) is 7.71. The van der Waals surface area contributed by atoms with Gasteiger partial charge in [-0.25, -0.2) is 0 Å². The lowest BCUT2D eigenvalue weighted by Crippen LogP contribution is -2.50. The number of carbonyl (C=O) groups excluding carboxylic acids is 2. The van der Waals surface area contributed by atoms with Crippen molar-refractivity contribution < 1.29 is 18.8 Å². The zero-order valence-electron chi connectivity index (χ0n) is 15.0. The highest BCUT2D eigenvalue weighted by Crippen LogP contribution is 2.40. The Morgan fingerprint density at radius 3 is 2.41 bits per heavy atom. The van der Waals surface area contributed by atoms with E-state index in [0.29, 0.717) is 6.42 Å². The summed E-state index contributed by atoms with van der Waals surface area (Å²) in [5, 5.41) is 0.0340. The van der Waals surface area contributed by atoms with Crippen LogP contribution in [0.25, 0.3) is 0 Å². The highest BCUT2D eigenvalue weighted by atomic mass is 28.4. The molecule has 0 saturated carbocycles. The highest BCUT2D eigenvalue weighted by molar-refractivity contribution is 6.74. The van der Waals surface area contributed by atoms with Crippen LogP contribution in [0.4, 0.5) is 0 Å². The molecule has 0 aromatic heterocycles. The summed E-state index contributed by atoms with van der Waals surface area (Å²) in [7, 11) is -2.03. The van der Waals surface area contributed by atoms with Crippen molar-refractivity contribution in [1.82, 2.24) is 0 Å². The number of ketones is 1. The van der Waals surface area contributed by atoms with E-state index in [0.717, 1.165) is 12.0 Å². The van der Waals surface area contributed by atoms with Gasteiger partial charge >= 0.3 is 5.97 Å². The van der Waals surface area contributed by atoms with E-state index in [1.165, 1.54) is 0 Å². The highest BCUT2D eigenvalue weighted by Gasteiger charge is 2.50. The van der Waals surface area contributed by atoms with Crippen LogP contribution < -0.4 is 0 Å². The fraction of sp³-hybridized carbons (Fsp3) is 0.765. The molecule has 1 rings (SSSR count). The van der Waals surface area contributed by atoms with Crippen LogP contribution in [0.2, 0.25) is 18.1 Å². The number of hydrogen-bond acceptors (Lipinski definition) is 4. The van der Waals surface area contributed by atoms with Crippen molar-refractivity contribution in [3.8, 4) is 0 Å². The van der Waals surface area contributed by atoms with Crippen LogP contribution in [-0.4, -0.2) is 33.3 Å². The molecule has 0 aliphatic heterocycles. The molecule has 0 unspecified atom stereocenters. The zero-order valence-corrected chi connectivity index (χ0v) is 16.0. The van der Waals surface area contributed by atoms with Crippen molar-refractivity contribution >= 4 is 20.1 Å². The van der Waals surface area contributed by atoms with E-state index in [-0.39, 0.29) is 24.0 Å². The summed E-state index contributed by atoms with van der Waals surface area (Å²) in [5.74, 6) is -0.615. The van der Waals surface area contributed by atoms with E-state index >= 15 is 0 Å². The number of hydrogen-bond donors (Lipinski definition) is 0. The first-order valence-electron chi connectivity index (χ1n) is 7.99. The van der Waals surface area contributed by atoms with Gasteiger partial charge in [0.15, 0.2) is 19.5 Å². The van der Waals surface area contributed by atoms with Gasteiger partial charge in [0.25, 0.3) is 0 Å². The molecular formula is C17H30O4Si. The fourth-order valence-electron chi connectivity index (χ4n) is 2.16. The van der Waals surface area contributed by atoms with Gasteiger partial charge < -0.3 is 9.16 Å². The summed E-state index contributed by atoms with van der Waals surface area (Å²) in [6.07, 6.45) is 2.78. The number of carbonyl (C=O) groups is 2. The summed E-state index contributed by atoms with van der Waals surface area (Å²) >= 11 is 0. The molecule has 0 aromatic carbocycles. The van der Waals surface area contributed by atoms with Crippen molar-refractivity contribution in [3.05, 3.63) is 11.6 Å². The van der Waals surface area contributed by atoms with Crippen molar-refractivity contribution in [2.75, 3.05) is 13.2 Å². The van der Waals surface area contributed by atoms with Gasteiger partial charge in [0.2, 0.25) is 0 Å². The molecule has 0 bridgehead atoms. The Balaban J connectivity index is 3.04. The quantitative estimate of drug-likeness (QED) is 0.437. The molecule has 0 heterocycles. The Bertz CT molecular complexity index is 474. The van der Waals surface area contributed by atoms with Gasteiger partial charge in [-0.3, -0.25) is 9.59 Å². The van der Waals surface area contributed by atoms with Crippen LogP contribution in [-0.2, 0) is 18.8 Å². The Labute approximate surface area is 135 Å². The van der Waals surface area contributed by atoms with Crippen molar-refractivity contribution in [3.63, 3.8) is 0 Å². The minimum atomic E-state index is -2.03. The monoisotopic (exact) mass is 326 g/mol. The smallest absolute Gasteiger partial charge is 0.322 e. The van der Waals surface area contributed by atoms with E-state index in [9.17, 15) is 9.59 Å². The number of ether oxygens (including phenoxy) is 1. The second kappa shape index (κ2) is 6.67. The zero-order chi connectivity index (χ0) is 17.2. The normalized spacial score (nSPS) is 23.2. The van der Waals surface area contributed by atoms with Gasteiger partial charge in [0, 0.05) is 0 Å². The Kier molecular flexibility index (Phi) is 5.79. The topological polar surface area (TPSA) is 52.6 Å². The third-order valence-electron chi connectivity index (χ3n) is 4.95. The summed E-state index contributed by atoms with van der Waals surface area (Å²) in [6.45, 7) is 14.8. The van der Waals surface area contributed by atoms with Gasteiger partial charge in [0.1, 0.15) is 0 Å². The van der Waals surface area contributed by atoms with Crippen molar-refractivity contribution in [1.29, 1.82) is 0 Å². The van der Waals surface area contributed by atoms with Crippen LogP contribution in [0, 0.1) is 5.41 Å². The molecule has 126 valence electrons. The first-order chi connectivity index (χ1) is 9.96. The van der Waals surface area contributed by atoms with Crippen LogP contribution >= 0.6 is 0 Å². The van der Waals surface area contributed by atoms with Crippen LogP contribution in [0.15, 0.2) is 11.6 Å². The number of esters is 1. The van der Waals surface area contributed by atoms with Gasteiger partial charge in [-0.05, 0) is 50.9 Å². The molecule has 0 radical (unpaired) electrons. The molecule has 22 heavy (non-hydrogen) atoms. The molecule has 5 heteroatoms. The number of rotatable bonds is 5. The molecule has 0 amide bonds. The summed E-state index contributed by atoms with van der Waals surface area (Å²) in [6, 6.07) is 0. The fourth-order valence-corrected chi connectivity index (χ4v) is 3.20. The summed E-state index contributed by atoms with van der Waals surface area (Å²) in [5.41, 5.74) is -0.150. The van der Waals surface area contributed by atoms with Gasteiger partial charge in [0.05, 0.1) is 13.2 Å². The van der Waals surface area contributed by atoms with E-state index in [1.54, 1.807) is 13.0 Å². The molecule has 0 saturated heterocycles. The maximum Gasteiger partial charge on any atom is 0.322 e. The molecule has 0 aromatic rings. The van der Waals surface area contributed by atoms with Gasteiger partial charge in [-0.1, -0.05) is 26.3 Å². The molecule has 0 spiro atoms. The SMILES string of the molecule is CCOC(=O)[C@@]1(CO[Si](C)(C)C(C)(C)C)CCC(C)=CC1=O. The Hall–Kier alpha value is -0.943. The average molecular weight is 327 g/mol. The van der Waals surface area contributed by atoms with E-state index < -0.39 is 19.7 Å². The predicted molar refractivity (Wildman–Crippen MR) is 90.2 cm³/mol. The largest absolute Gasteiger partial charge is 0.465 e. The third kappa shape index (κ3) is 3.87. The summed E-state index contributed by atoms with van der Waals surface area (Å²) < 4.78 is 11.4. The van der Waals surface area contributed by atoms with E-state index in [4.69, 9.17) is 9.16 Å². The van der Waals surface area contributed by atoms with Crippen LogP contribution in [0.1, 0.15) is 47.5 Å². The second-order valence-corrected chi connectivity index (χ2v) is 12.5. The minimum Gasteiger partial charge on any atom is -0.465 e. The lowest BCUT2D eigenvalue weighted by Gasteiger charge is -2.40. The average Bonchev–Trinajstić information content (AvgIpc) is 2.37. The maximum atomic E-state index is 12.6. The van der Waals surface area contributed by atoms with Crippen LogP contribution in [0.3, 0.4) is 0 Å². The first-order valence-corrected chi connectivity index (χ1v) is 10.9.